The Kier molecular flexibility index (Phi) is 4.81. The molecule has 106 valence electrons. The first-order valence-electron chi connectivity index (χ1n) is 6.84. The number of benzene rings is 2. The van der Waals surface area contributed by atoms with Gasteiger partial charge in [0.05, 0.1) is 6.04 Å². The number of halogens is 1. The predicted molar refractivity (Wildman–Crippen MR) is 85.9 cm³/mol. The molecule has 3 heteroatoms. The summed E-state index contributed by atoms with van der Waals surface area (Å²) in [4.78, 5) is 0. The quantitative estimate of drug-likeness (QED) is 0.649. The minimum atomic E-state index is -0.0476. The summed E-state index contributed by atoms with van der Waals surface area (Å²) in [6.45, 7) is 6.41. The summed E-state index contributed by atoms with van der Waals surface area (Å²) in [5.41, 5.74) is 7.55. The van der Waals surface area contributed by atoms with Crippen LogP contribution >= 0.6 is 11.6 Å². The van der Waals surface area contributed by atoms with Crippen LogP contribution in [0.25, 0.3) is 0 Å². The number of aryl methyl sites for hydroxylation is 1. The lowest BCUT2D eigenvalue weighted by atomic mass is 9.95. The van der Waals surface area contributed by atoms with Crippen LogP contribution in [0.3, 0.4) is 0 Å². The highest BCUT2D eigenvalue weighted by Crippen LogP contribution is 2.26. The Hall–Kier alpha value is -1.35. The van der Waals surface area contributed by atoms with Crippen molar-refractivity contribution < 1.29 is 0 Å². The van der Waals surface area contributed by atoms with Gasteiger partial charge in [0, 0.05) is 5.02 Å². The molecule has 0 aliphatic carbocycles. The van der Waals surface area contributed by atoms with E-state index in [4.69, 9.17) is 17.4 Å². The SMILES string of the molecule is Cc1cc(Cl)cc(C(NN)c2ccc(C(C)C)cc2)c1. The van der Waals surface area contributed by atoms with Crippen molar-refractivity contribution in [2.45, 2.75) is 32.7 Å². The molecule has 0 bridgehead atoms. The van der Waals surface area contributed by atoms with Gasteiger partial charge in [-0.3, -0.25) is 5.84 Å². The van der Waals surface area contributed by atoms with E-state index in [0.717, 1.165) is 21.7 Å². The maximum Gasteiger partial charge on any atom is 0.0710 e. The van der Waals surface area contributed by atoms with Gasteiger partial charge in [-0.25, -0.2) is 5.43 Å². The Labute approximate surface area is 125 Å². The summed E-state index contributed by atoms with van der Waals surface area (Å²) in [6, 6.07) is 14.5. The topological polar surface area (TPSA) is 38.0 Å². The average Bonchev–Trinajstić information content (AvgIpc) is 2.39. The number of nitrogens with one attached hydrogen (secondary N) is 1. The van der Waals surface area contributed by atoms with E-state index in [2.05, 4.69) is 49.6 Å². The predicted octanol–water partition coefficient (Wildman–Crippen LogP) is 4.32. The van der Waals surface area contributed by atoms with E-state index < -0.39 is 0 Å². The van der Waals surface area contributed by atoms with Gasteiger partial charge in [0.25, 0.3) is 0 Å². The average molecular weight is 289 g/mol. The van der Waals surface area contributed by atoms with Crippen LogP contribution in [0.1, 0.15) is 48.1 Å². The highest BCUT2D eigenvalue weighted by molar-refractivity contribution is 6.30. The first-order valence-corrected chi connectivity index (χ1v) is 7.22. The first-order chi connectivity index (χ1) is 9.51. The van der Waals surface area contributed by atoms with Gasteiger partial charge < -0.3 is 0 Å². The smallest absolute Gasteiger partial charge is 0.0710 e. The molecule has 0 heterocycles. The molecule has 0 spiro atoms. The lowest BCUT2D eigenvalue weighted by Crippen LogP contribution is -2.28. The van der Waals surface area contributed by atoms with Crippen LogP contribution in [-0.4, -0.2) is 0 Å². The molecule has 2 nitrogen and oxygen atoms in total. The van der Waals surface area contributed by atoms with Crippen molar-refractivity contribution in [3.8, 4) is 0 Å². The molecule has 0 aliphatic heterocycles. The molecule has 2 aromatic carbocycles. The second-order valence-corrected chi connectivity index (χ2v) is 5.92. The van der Waals surface area contributed by atoms with E-state index in [1.165, 1.54) is 5.56 Å². The molecule has 0 saturated heterocycles. The van der Waals surface area contributed by atoms with Crippen LogP contribution in [0.4, 0.5) is 0 Å². The molecule has 20 heavy (non-hydrogen) atoms. The van der Waals surface area contributed by atoms with Gasteiger partial charge in [0.2, 0.25) is 0 Å². The minimum Gasteiger partial charge on any atom is -0.271 e. The Bertz CT molecular complexity index is 556. The van der Waals surface area contributed by atoms with Crippen molar-refractivity contribution in [2.75, 3.05) is 0 Å². The lowest BCUT2D eigenvalue weighted by Gasteiger charge is -2.18. The zero-order valence-corrected chi connectivity index (χ0v) is 12.9. The first kappa shape index (κ1) is 15.0. The van der Waals surface area contributed by atoms with Gasteiger partial charge >= 0.3 is 0 Å². The van der Waals surface area contributed by atoms with E-state index in [1.807, 2.05) is 19.1 Å². The molecular weight excluding hydrogens is 268 g/mol. The van der Waals surface area contributed by atoms with Crippen molar-refractivity contribution in [1.29, 1.82) is 0 Å². The molecule has 0 saturated carbocycles. The molecule has 0 aliphatic rings. The van der Waals surface area contributed by atoms with Crippen LogP contribution in [0.2, 0.25) is 5.02 Å². The Morgan fingerprint density at radius 3 is 2.05 bits per heavy atom. The Balaban J connectivity index is 2.36. The van der Waals surface area contributed by atoms with Gasteiger partial charge in [-0.15, -0.1) is 0 Å². The Morgan fingerprint density at radius 2 is 1.55 bits per heavy atom. The van der Waals surface area contributed by atoms with Crippen molar-refractivity contribution in [2.24, 2.45) is 5.84 Å². The van der Waals surface area contributed by atoms with Gasteiger partial charge in [0.1, 0.15) is 0 Å². The van der Waals surface area contributed by atoms with E-state index in [9.17, 15) is 0 Å². The highest BCUT2D eigenvalue weighted by Gasteiger charge is 2.13. The molecule has 0 radical (unpaired) electrons. The summed E-state index contributed by atoms with van der Waals surface area (Å²) < 4.78 is 0. The van der Waals surface area contributed by atoms with Gasteiger partial charge in [-0.2, -0.15) is 0 Å². The number of hydrogen-bond acceptors (Lipinski definition) is 2. The number of nitrogens with two attached hydrogens (primary N) is 1. The third kappa shape index (κ3) is 3.40. The molecule has 0 fully saturated rings. The van der Waals surface area contributed by atoms with Crippen molar-refractivity contribution >= 4 is 11.6 Å². The fourth-order valence-electron chi connectivity index (χ4n) is 2.39. The van der Waals surface area contributed by atoms with Crippen LogP contribution in [0.15, 0.2) is 42.5 Å². The third-order valence-corrected chi connectivity index (χ3v) is 3.72. The fraction of sp³-hybridized carbons (Fsp3) is 0.294. The number of rotatable bonds is 4. The largest absolute Gasteiger partial charge is 0.271 e. The summed E-state index contributed by atoms with van der Waals surface area (Å²) in [5, 5.41) is 0.735. The molecule has 0 amide bonds. The molecule has 2 aromatic rings. The second kappa shape index (κ2) is 6.40. The summed E-state index contributed by atoms with van der Waals surface area (Å²) in [7, 11) is 0. The standard InChI is InChI=1S/C17H21ClN2/c1-11(2)13-4-6-14(7-5-13)17(20-19)15-8-12(3)9-16(18)10-15/h4-11,17,20H,19H2,1-3H3. The van der Waals surface area contributed by atoms with E-state index in [0.29, 0.717) is 5.92 Å². The molecular formula is C17H21ClN2. The van der Waals surface area contributed by atoms with Gasteiger partial charge in [-0.05, 0) is 47.2 Å². The number of hydrazine groups is 1. The van der Waals surface area contributed by atoms with Crippen LogP contribution in [0, 0.1) is 6.92 Å². The van der Waals surface area contributed by atoms with E-state index in [-0.39, 0.29) is 6.04 Å². The van der Waals surface area contributed by atoms with E-state index >= 15 is 0 Å². The monoisotopic (exact) mass is 288 g/mol. The van der Waals surface area contributed by atoms with Gasteiger partial charge in [-0.1, -0.05) is 55.8 Å². The molecule has 1 unspecified atom stereocenters. The zero-order valence-electron chi connectivity index (χ0n) is 12.2. The van der Waals surface area contributed by atoms with Crippen molar-refractivity contribution in [3.63, 3.8) is 0 Å². The highest BCUT2D eigenvalue weighted by atomic mass is 35.5. The van der Waals surface area contributed by atoms with Crippen LogP contribution in [-0.2, 0) is 0 Å². The summed E-state index contributed by atoms with van der Waals surface area (Å²) >= 11 is 6.14. The maximum absolute atomic E-state index is 6.14. The number of hydrogen-bond donors (Lipinski definition) is 2. The second-order valence-electron chi connectivity index (χ2n) is 5.48. The molecule has 1 atom stereocenters. The molecule has 2 rings (SSSR count). The summed E-state index contributed by atoms with van der Waals surface area (Å²) in [5.74, 6) is 6.27. The van der Waals surface area contributed by atoms with Crippen LogP contribution in [0.5, 0.6) is 0 Å². The molecule has 0 aromatic heterocycles. The zero-order chi connectivity index (χ0) is 14.7. The van der Waals surface area contributed by atoms with Crippen LogP contribution < -0.4 is 11.3 Å². The maximum atomic E-state index is 6.14. The molecule has 3 N–H and O–H groups in total. The van der Waals surface area contributed by atoms with Crippen molar-refractivity contribution in [3.05, 3.63) is 69.7 Å². The Morgan fingerprint density at radius 1 is 0.950 bits per heavy atom. The minimum absolute atomic E-state index is 0.0476. The third-order valence-electron chi connectivity index (χ3n) is 3.50. The van der Waals surface area contributed by atoms with Crippen molar-refractivity contribution in [1.82, 2.24) is 5.43 Å². The normalized spacial score (nSPS) is 12.7. The fourth-order valence-corrected chi connectivity index (χ4v) is 2.69. The van der Waals surface area contributed by atoms with E-state index in [1.54, 1.807) is 0 Å². The lowest BCUT2D eigenvalue weighted by molar-refractivity contribution is 0.636. The van der Waals surface area contributed by atoms with Gasteiger partial charge in [0.15, 0.2) is 0 Å². The summed E-state index contributed by atoms with van der Waals surface area (Å²) in [6.07, 6.45) is 0.